The summed E-state index contributed by atoms with van der Waals surface area (Å²) in [5.41, 5.74) is 6.82. The molecule has 5 rings (SSSR count). The number of para-hydroxylation sites is 1. The normalized spacial score (nSPS) is 14.6. The van der Waals surface area contributed by atoms with Gasteiger partial charge in [0.05, 0.1) is 5.52 Å². The molecule has 154 valence electrons. The van der Waals surface area contributed by atoms with Crippen LogP contribution in [0.3, 0.4) is 0 Å². The van der Waals surface area contributed by atoms with Gasteiger partial charge in [-0.1, -0.05) is 60.2 Å². The van der Waals surface area contributed by atoms with E-state index in [4.69, 9.17) is 4.98 Å². The summed E-state index contributed by atoms with van der Waals surface area (Å²) in [6.07, 6.45) is 4.85. The van der Waals surface area contributed by atoms with Gasteiger partial charge in [0.25, 0.3) is 0 Å². The highest BCUT2D eigenvalue weighted by Crippen LogP contribution is 2.35. The Morgan fingerprint density at radius 2 is 1.77 bits per heavy atom. The summed E-state index contributed by atoms with van der Waals surface area (Å²) in [5, 5.41) is 3.30. The lowest BCUT2D eigenvalue weighted by Crippen LogP contribution is -2.30. The number of pyridine rings is 1. The van der Waals surface area contributed by atoms with Gasteiger partial charge in [0, 0.05) is 47.2 Å². The number of carbonyl (C=O) groups excluding carboxylic acids is 1. The number of likely N-dealkylation sites (tertiary alicyclic amines) is 1. The van der Waals surface area contributed by atoms with Gasteiger partial charge >= 0.3 is 0 Å². The Labute approximate surface area is 186 Å². The molecule has 0 spiro atoms. The van der Waals surface area contributed by atoms with E-state index < -0.39 is 0 Å². The maximum atomic E-state index is 11.2. The van der Waals surface area contributed by atoms with Gasteiger partial charge in [-0.25, -0.2) is 0 Å². The van der Waals surface area contributed by atoms with Crippen LogP contribution in [0.25, 0.3) is 16.5 Å². The highest BCUT2D eigenvalue weighted by Gasteiger charge is 2.21. The fraction of sp³-hybridized carbons (Fsp3) is 0.185. The van der Waals surface area contributed by atoms with Crippen molar-refractivity contribution in [3.8, 4) is 0 Å². The molecule has 0 radical (unpaired) electrons. The van der Waals surface area contributed by atoms with Crippen LogP contribution in [0.5, 0.6) is 0 Å². The van der Waals surface area contributed by atoms with Crippen molar-refractivity contribution in [3.63, 3.8) is 0 Å². The molecule has 0 bridgehead atoms. The number of thiophene rings is 1. The Hall–Kier alpha value is -3.08. The molecule has 3 heterocycles. The molecule has 0 atom stereocenters. The van der Waals surface area contributed by atoms with Crippen molar-refractivity contribution >= 4 is 34.1 Å². The van der Waals surface area contributed by atoms with Gasteiger partial charge < -0.3 is 0 Å². The van der Waals surface area contributed by atoms with Crippen molar-refractivity contribution in [3.05, 3.63) is 105 Å². The first-order valence-corrected chi connectivity index (χ1v) is 11.6. The second-order valence-electron chi connectivity index (χ2n) is 7.95. The van der Waals surface area contributed by atoms with Crippen LogP contribution in [0.4, 0.5) is 0 Å². The van der Waals surface area contributed by atoms with Crippen molar-refractivity contribution in [2.75, 3.05) is 13.1 Å². The Kier molecular flexibility index (Phi) is 5.74. The van der Waals surface area contributed by atoms with Crippen LogP contribution in [0.1, 0.15) is 39.2 Å². The first kappa shape index (κ1) is 19.9. The van der Waals surface area contributed by atoms with Crippen molar-refractivity contribution in [2.45, 2.75) is 19.4 Å². The van der Waals surface area contributed by atoms with E-state index in [-0.39, 0.29) is 0 Å². The van der Waals surface area contributed by atoms with Crippen molar-refractivity contribution < 1.29 is 4.79 Å². The second-order valence-corrected chi connectivity index (χ2v) is 8.99. The molecule has 3 nitrogen and oxygen atoms in total. The van der Waals surface area contributed by atoms with E-state index in [9.17, 15) is 4.79 Å². The lowest BCUT2D eigenvalue weighted by Gasteiger charge is -2.30. The van der Waals surface area contributed by atoms with Crippen LogP contribution >= 0.6 is 11.3 Å². The van der Waals surface area contributed by atoms with Gasteiger partial charge in [-0.15, -0.1) is 11.3 Å². The number of hydrogen-bond donors (Lipinski definition) is 0. The lowest BCUT2D eigenvalue weighted by molar-refractivity contribution is 0.112. The number of carbonyl (C=O) groups is 1. The van der Waals surface area contributed by atoms with Gasteiger partial charge in [0.1, 0.15) is 6.29 Å². The standard InChI is InChI=1S/C27H24N2OS/c30-19-20-8-10-21(11-9-20)26(25-7-1-4-23-5-2-14-28-27(23)25)22-12-15-29(16-13-22)18-24-6-3-17-31-24/h1-11,14,17,19H,12-13,15-16,18H2. The number of hydrogen-bond acceptors (Lipinski definition) is 4. The summed E-state index contributed by atoms with van der Waals surface area (Å²) in [6.45, 7) is 3.15. The number of benzene rings is 2. The molecule has 2 aromatic carbocycles. The number of aldehydes is 1. The number of nitrogens with zero attached hydrogens (tertiary/aromatic N) is 2. The molecule has 0 unspecified atom stereocenters. The summed E-state index contributed by atoms with van der Waals surface area (Å²) >= 11 is 1.83. The SMILES string of the molecule is O=Cc1ccc(C(=C2CCN(Cc3cccs3)CC2)c2cccc3cccnc23)cc1. The summed E-state index contributed by atoms with van der Waals surface area (Å²) < 4.78 is 0. The number of fused-ring (bicyclic) bond motifs is 1. The zero-order valence-corrected chi connectivity index (χ0v) is 18.1. The molecule has 0 aliphatic carbocycles. The Morgan fingerprint density at radius 3 is 2.52 bits per heavy atom. The maximum Gasteiger partial charge on any atom is 0.150 e. The van der Waals surface area contributed by atoms with Crippen molar-refractivity contribution in [2.24, 2.45) is 0 Å². The largest absolute Gasteiger partial charge is 0.298 e. The van der Waals surface area contributed by atoms with Gasteiger partial charge in [0.2, 0.25) is 0 Å². The summed E-state index contributed by atoms with van der Waals surface area (Å²) in [4.78, 5) is 19.9. The topological polar surface area (TPSA) is 33.2 Å². The fourth-order valence-electron chi connectivity index (χ4n) is 4.44. The minimum atomic E-state index is 0.704. The van der Waals surface area contributed by atoms with E-state index in [0.717, 1.165) is 55.2 Å². The van der Waals surface area contributed by atoms with E-state index in [2.05, 4.69) is 58.8 Å². The molecule has 1 aliphatic heterocycles. The van der Waals surface area contributed by atoms with Crippen molar-refractivity contribution in [1.29, 1.82) is 0 Å². The van der Waals surface area contributed by atoms with E-state index >= 15 is 0 Å². The highest BCUT2D eigenvalue weighted by molar-refractivity contribution is 7.09. The highest BCUT2D eigenvalue weighted by atomic mass is 32.1. The number of rotatable bonds is 5. The smallest absolute Gasteiger partial charge is 0.150 e. The molecular weight excluding hydrogens is 400 g/mol. The van der Waals surface area contributed by atoms with Crippen LogP contribution in [0, 0.1) is 0 Å². The third-order valence-electron chi connectivity index (χ3n) is 6.01. The predicted molar refractivity (Wildman–Crippen MR) is 128 cm³/mol. The van der Waals surface area contributed by atoms with E-state index in [1.165, 1.54) is 21.6 Å². The minimum absolute atomic E-state index is 0.704. The maximum absolute atomic E-state index is 11.2. The van der Waals surface area contributed by atoms with Crippen LogP contribution in [-0.2, 0) is 6.54 Å². The summed E-state index contributed by atoms with van der Waals surface area (Å²) in [7, 11) is 0. The quantitative estimate of drug-likeness (QED) is 0.357. The van der Waals surface area contributed by atoms with E-state index in [1.54, 1.807) is 0 Å². The Balaban J connectivity index is 1.55. The molecular formula is C27H24N2OS. The molecule has 4 aromatic rings. The van der Waals surface area contributed by atoms with Gasteiger partial charge in [-0.3, -0.25) is 14.7 Å². The first-order chi connectivity index (χ1) is 15.3. The van der Waals surface area contributed by atoms with Crippen LogP contribution < -0.4 is 0 Å². The molecule has 4 heteroatoms. The molecule has 31 heavy (non-hydrogen) atoms. The van der Waals surface area contributed by atoms with E-state index in [0.29, 0.717) is 5.56 Å². The monoisotopic (exact) mass is 424 g/mol. The lowest BCUT2D eigenvalue weighted by atomic mass is 9.87. The third-order valence-corrected chi connectivity index (χ3v) is 6.87. The fourth-order valence-corrected chi connectivity index (χ4v) is 5.18. The average molecular weight is 425 g/mol. The van der Waals surface area contributed by atoms with Crippen LogP contribution in [0.15, 0.2) is 83.9 Å². The molecule has 0 saturated carbocycles. The summed E-state index contributed by atoms with van der Waals surface area (Å²) in [5.74, 6) is 0. The molecule has 1 aliphatic rings. The molecule has 0 amide bonds. The van der Waals surface area contributed by atoms with Crippen LogP contribution in [0.2, 0.25) is 0 Å². The molecule has 2 aromatic heterocycles. The third kappa shape index (κ3) is 4.22. The molecule has 0 N–H and O–H groups in total. The predicted octanol–water partition coefficient (Wildman–Crippen LogP) is 6.21. The molecule has 1 fully saturated rings. The van der Waals surface area contributed by atoms with Gasteiger partial charge in [-0.05, 0) is 41.5 Å². The van der Waals surface area contributed by atoms with Crippen LogP contribution in [-0.4, -0.2) is 29.3 Å². The first-order valence-electron chi connectivity index (χ1n) is 10.7. The second kappa shape index (κ2) is 8.96. The van der Waals surface area contributed by atoms with Gasteiger partial charge in [-0.2, -0.15) is 0 Å². The Bertz CT molecular complexity index is 1210. The van der Waals surface area contributed by atoms with Crippen molar-refractivity contribution in [1.82, 2.24) is 9.88 Å². The minimum Gasteiger partial charge on any atom is -0.298 e. The zero-order valence-electron chi connectivity index (χ0n) is 17.3. The zero-order chi connectivity index (χ0) is 21.0. The van der Waals surface area contributed by atoms with Gasteiger partial charge in [0.15, 0.2) is 0 Å². The Morgan fingerprint density at radius 1 is 0.968 bits per heavy atom. The average Bonchev–Trinajstić information content (AvgIpc) is 3.34. The number of aromatic nitrogens is 1. The van der Waals surface area contributed by atoms with E-state index in [1.807, 2.05) is 35.7 Å². The number of piperidine rings is 1. The molecule has 1 saturated heterocycles. The summed E-state index contributed by atoms with van der Waals surface area (Å²) in [6, 6.07) is 22.8.